The summed E-state index contributed by atoms with van der Waals surface area (Å²) in [5.41, 5.74) is 3.23. The summed E-state index contributed by atoms with van der Waals surface area (Å²) < 4.78 is 5.20. The number of benzene rings is 2. The van der Waals surface area contributed by atoms with Crippen molar-refractivity contribution in [1.29, 1.82) is 0 Å². The van der Waals surface area contributed by atoms with Crippen molar-refractivity contribution in [2.24, 2.45) is 0 Å². The molecule has 0 saturated heterocycles. The Labute approximate surface area is 183 Å². The van der Waals surface area contributed by atoms with Gasteiger partial charge < -0.3 is 15.0 Å². The molecule has 0 radical (unpaired) electrons. The molecule has 0 saturated carbocycles. The molecule has 4 aromatic rings. The molecule has 0 aliphatic heterocycles. The van der Waals surface area contributed by atoms with E-state index in [1.165, 1.54) is 11.3 Å². The zero-order valence-electron chi connectivity index (χ0n) is 16.7. The molecule has 2 heterocycles. The van der Waals surface area contributed by atoms with Crippen LogP contribution in [-0.4, -0.2) is 40.0 Å². The molecule has 6 nitrogen and oxygen atoms in total. The molecule has 0 aliphatic carbocycles. The van der Waals surface area contributed by atoms with E-state index in [4.69, 9.17) is 4.74 Å². The number of carbonyl (C=O) groups is 1. The molecule has 2 N–H and O–H groups in total. The van der Waals surface area contributed by atoms with E-state index in [1.807, 2.05) is 48.5 Å². The van der Waals surface area contributed by atoms with Gasteiger partial charge in [-0.25, -0.2) is 9.97 Å². The van der Waals surface area contributed by atoms with Gasteiger partial charge in [-0.2, -0.15) is 11.8 Å². The number of amides is 1. The lowest BCUT2D eigenvalue weighted by Gasteiger charge is -2.15. The Bertz CT molecular complexity index is 1100. The van der Waals surface area contributed by atoms with Gasteiger partial charge in [0, 0.05) is 10.9 Å². The molecule has 1 atom stereocenters. The van der Waals surface area contributed by atoms with Crippen molar-refractivity contribution < 1.29 is 9.53 Å². The van der Waals surface area contributed by atoms with Crippen LogP contribution in [0.1, 0.15) is 28.8 Å². The second-order valence-electron chi connectivity index (χ2n) is 6.71. The maximum atomic E-state index is 12.9. The van der Waals surface area contributed by atoms with Crippen molar-refractivity contribution in [3.05, 3.63) is 65.4 Å². The Hall–Kier alpha value is -2.84. The Morgan fingerprint density at radius 3 is 2.73 bits per heavy atom. The molecule has 0 fully saturated rings. The number of thiazole rings is 1. The number of carbonyl (C=O) groups excluding carboxylic acids is 1. The molecular weight excluding hydrogens is 416 g/mol. The van der Waals surface area contributed by atoms with Crippen molar-refractivity contribution >= 4 is 40.0 Å². The van der Waals surface area contributed by atoms with E-state index in [0.717, 1.165) is 45.4 Å². The number of hydrogen-bond donors (Lipinski definition) is 2. The second kappa shape index (κ2) is 9.32. The van der Waals surface area contributed by atoms with Crippen LogP contribution in [0.2, 0.25) is 0 Å². The molecule has 1 amide bonds. The van der Waals surface area contributed by atoms with Gasteiger partial charge in [-0.3, -0.25) is 4.79 Å². The van der Waals surface area contributed by atoms with Crippen LogP contribution in [0, 0.1) is 0 Å². The van der Waals surface area contributed by atoms with Crippen molar-refractivity contribution in [1.82, 2.24) is 20.3 Å². The van der Waals surface area contributed by atoms with Gasteiger partial charge in [0.15, 0.2) is 0 Å². The molecule has 0 aliphatic rings. The van der Waals surface area contributed by atoms with Crippen LogP contribution in [0.4, 0.5) is 0 Å². The number of rotatable bonds is 8. The van der Waals surface area contributed by atoms with E-state index in [9.17, 15) is 4.79 Å². The average Bonchev–Trinajstić information content (AvgIpc) is 3.44. The number of ether oxygens (including phenoxy) is 1. The first kappa shape index (κ1) is 20.4. The van der Waals surface area contributed by atoms with Crippen LogP contribution in [0.3, 0.4) is 0 Å². The molecule has 0 spiro atoms. The molecule has 2 aromatic carbocycles. The largest absolute Gasteiger partial charge is 0.497 e. The summed E-state index contributed by atoms with van der Waals surface area (Å²) in [6.45, 7) is 0. The lowest BCUT2D eigenvalue weighted by Crippen LogP contribution is -2.30. The number of methoxy groups -OCH3 is 1. The Balaban J connectivity index is 1.52. The van der Waals surface area contributed by atoms with E-state index >= 15 is 0 Å². The lowest BCUT2D eigenvalue weighted by molar-refractivity contribution is 0.0930. The Kier molecular flexibility index (Phi) is 6.35. The summed E-state index contributed by atoms with van der Waals surface area (Å²) >= 11 is 3.19. The third-order valence-electron chi connectivity index (χ3n) is 4.73. The van der Waals surface area contributed by atoms with E-state index in [0.29, 0.717) is 5.69 Å². The predicted molar refractivity (Wildman–Crippen MR) is 123 cm³/mol. The number of hydrogen-bond acceptors (Lipinski definition) is 6. The van der Waals surface area contributed by atoms with Crippen LogP contribution in [0.5, 0.6) is 5.75 Å². The fourth-order valence-corrected chi connectivity index (χ4v) is 4.40. The van der Waals surface area contributed by atoms with Gasteiger partial charge in [-0.05, 0) is 54.8 Å². The Morgan fingerprint density at radius 2 is 2.00 bits per heavy atom. The third kappa shape index (κ3) is 4.49. The molecule has 8 heteroatoms. The quantitative estimate of drug-likeness (QED) is 0.408. The topological polar surface area (TPSA) is 79.9 Å². The summed E-state index contributed by atoms with van der Waals surface area (Å²) in [6.07, 6.45) is 2.83. The minimum atomic E-state index is -0.205. The first-order valence-corrected chi connectivity index (χ1v) is 11.8. The summed E-state index contributed by atoms with van der Waals surface area (Å²) in [5, 5.41) is 5.70. The fraction of sp³-hybridized carbons (Fsp3) is 0.227. The second-order valence-corrected chi connectivity index (χ2v) is 8.56. The van der Waals surface area contributed by atoms with Crippen molar-refractivity contribution in [3.8, 4) is 16.3 Å². The summed E-state index contributed by atoms with van der Waals surface area (Å²) in [4.78, 5) is 25.5. The minimum Gasteiger partial charge on any atom is -0.497 e. The number of para-hydroxylation sites is 2. The van der Waals surface area contributed by atoms with Crippen molar-refractivity contribution in [2.75, 3.05) is 19.1 Å². The average molecular weight is 439 g/mol. The van der Waals surface area contributed by atoms with Crippen LogP contribution in [-0.2, 0) is 0 Å². The molecule has 0 unspecified atom stereocenters. The van der Waals surface area contributed by atoms with Gasteiger partial charge in [-0.15, -0.1) is 11.3 Å². The highest BCUT2D eigenvalue weighted by Gasteiger charge is 2.21. The monoisotopic (exact) mass is 438 g/mol. The van der Waals surface area contributed by atoms with E-state index in [-0.39, 0.29) is 11.9 Å². The zero-order valence-corrected chi connectivity index (χ0v) is 18.3. The summed E-state index contributed by atoms with van der Waals surface area (Å²) in [6, 6.07) is 15.3. The third-order valence-corrected chi connectivity index (χ3v) is 6.26. The van der Waals surface area contributed by atoms with Gasteiger partial charge in [0.2, 0.25) is 0 Å². The molecule has 2 aromatic heterocycles. The van der Waals surface area contributed by atoms with Crippen LogP contribution in [0.25, 0.3) is 21.6 Å². The number of aromatic amines is 1. The first-order valence-electron chi connectivity index (χ1n) is 9.52. The van der Waals surface area contributed by atoms with Gasteiger partial charge >= 0.3 is 0 Å². The lowest BCUT2D eigenvalue weighted by atomic mass is 10.2. The van der Waals surface area contributed by atoms with Gasteiger partial charge in [0.25, 0.3) is 5.91 Å². The number of thioether (sulfide) groups is 1. The summed E-state index contributed by atoms with van der Waals surface area (Å²) in [7, 11) is 1.64. The molecule has 0 bridgehead atoms. The summed E-state index contributed by atoms with van der Waals surface area (Å²) in [5.74, 6) is 2.27. The Morgan fingerprint density at radius 1 is 1.20 bits per heavy atom. The number of fused-ring (bicyclic) bond motifs is 1. The highest BCUT2D eigenvalue weighted by atomic mass is 32.2. The van der Waals surface area contributed by atoms with Crippen LogP contribution < -0.4 is 10.1 Å². The standard InChI is InChI=1S/C22H22N4O2S2/c1-28-15-9-7-14(8-10-15)22-26-19(13-30-22)21(27)25-18(11-12-29-2)20-23-16-5-3-4-6-17(16)24-20/h3-10,13,18H,11-12H2,1-2H3,(H,23,24)(H,25,27)/t18-/m1/s1. The number of imidazole rings is 1. The maximum absolute atomic E-state index is 12.9. The van der Waals surface area contributed by atoms with Crippen LogP contribution in [0.15, 0.2) is 53.9 Å². The highest BCUT2D eigenvalue weighted by molar-refractivity contribution is 7.98. The normalized spacial score (nSPS) is 12.1. The fourth-order valence-electron chi connectivity index (χ4n) is 3.13. The van der Waals surface area contributed by atoms with E-state index in [1.54, 1.807) is 24.3 Å². The first-order chi connectivity index (χ1) is 14.7. The zero-order chi connectivity index (χ0) is 20.9. The van der Waals surface area contributed by atoms with Gasteiger partial charge in [-0.1, -0.05) is 12.1 Å². The molecule has 30 heavy (non-hydrogen) atoms. The smallest absolute Gasteiger partial charge is 0.271 e. The molecular formula is C22H22N4O2S2. The van der Waals surface area contributed by atoms with Gasteiger partial charge in [0.1, 0.15) is 22.3 Å². The SMILES string of the molecule is COc1ccc(-c2nc(C(=O)N[C@H](CCSC)c3nc4ccccc4[nH]3)cs2)cc1. The highest BCUT2D eigenvalue weighted by Crippen LogP contribution is 2.26. The van der Waals surface area contributed by atoms with Crippen molar-refractivity contribution in [3.63, 3.8) is 0 Å². The predicted octanol–water partition coefficient (Wildman–Crippen LogP) is 4.92. The van der Waals surface area contributed by atoms with Gasteiger partial charge in [0.05, 0.1) is 24.2 Å². The van der Waals surface area contributed by atoms with E-state index < -0.39 is 0 Å². The maximum Gasteiger partial charge on any atom is 0.271 e. The number of nitrogens with zero attached hydrogens (tertiary/aromatic N) is 2. The van der Waals surface area contributed by atoms with Crippen molar-refractivity contribution in [2.45, 2.75) is 12.5 Å². The van der Waals surface area contributed by atoms with E-state index in [2.05, 4.69) is 26.5 Å². The minimum absolute atomic E-state index is 0.197. The molecule has 154 valence electrons. The molecule has 4 rings (SSSR count). The number of aromatic nitrogens is 3. The number of nitrogens with one attached hydrogen (secondary N) is 2. The van der Waals surface area contributed by atoms with Crippen LogP contribution >= 0.6 is 23.1 Å². The number of H-pyrrole nitrogens is 1.